The Morgan fingerprint density at radius 3 is 2.67 bits per heavy atom. The number of rotatable bonds is 6. The molecular formula is C13H16N2S3. The molecule has 96 valence electrons. The van der Waals surface area contributed by atoms with Crippen LogP contribution in [-0.2, 0) is 0 Å². The first-order chi connectivity index (χ1) is 8.79. The zero-order valence-corrected chi connectivity index (χ0v) is 13.0. The third-order valence-electron chi connectivity index (χ3n) is 2.42. The van der Waals surface area contributed by atoms with Crippen LogP contribution in [0.5, 0.6) is 0 Å². The molecule has 0 radical (unpaired) electrons. The standard InChI is InChI=1S/C13H16N2S3/c1-3-4-9-16-18-13-15-14-12(17-13)11-7-5-10(2)6-8-11/h5-8H,3-4,9H2,1-2H3. The predicted molar refractivity (Wildman–Crippen MR) is 83.3 cm³/mol. The fourth-order valence-electron chi connectivity index (χ4n) is 1.35. The minimum absolute atomic E-state index is 1.01. The maximum Gasteiger partial charge on any atom is 0.185 e. The van der Waals surface area contributed by atoms with Gasteiger partial charge in [0.1, 0.15) is 5.01 Å². The first kappa shape index (κ1) is 13.9. The molecule has 0 N–H and O–H groups in total. The van der Waals surface area contributed by atoms with Crippen LogP contribution in [0.25, 0.3) is 10.6 Å². The molecule has 0 saturated heterocycles. The molecule has 2 aromatic rings. The van der Waals surface area contributed by atoms with Crippen LogP contribution in [-0.4, -0.2) is 16.0 Å². The molecular weight excluding hydrogens is 280 g/mol. The first-order valence-corrected chi connectivity index (χ1v) is 9.13. The number of unbranched alkanes of at least 4 members (excludes halogenated alkanes) is 1. The predicted octanol–water partition coefficient (Wildman–Crippen LogP) is 5.05. The minimum atomic E-state index is 1.01. The molecule has 0 spiro atoms. The highest BCUT2D eigenvalue weighted by molar-refractivity contribution is 8.77. The van der Waals surface area contributed by atoms with Crippen LogP contribution in [0.3, 0.4) is 0 Å². The van der Waals surface area contributed by atoms with E-state index in [2.05, 4.69) is 48.3 Å². The average molecular weight is 296 g/mol. The summed E-state index contributed by atoms with van der Waals surface area (Å²) in [6.45, 7) is 4.31. The fraction of sp³-hybridized carbons (Fsp3) is 0.385. The normalized spacial score (nSPS) is 10.8. The van der Waals surface area contributed by atoms with Gasteiger partial charge in [-0.15, -0.1) is 10.2 Å². The summed E-state index contributed by atoms with van der Waals surface area (Å²) in [6, 6.07) is 8.43. The highest BCUT2D eigenvalue weighted by atomic mass is 33.1. The van der Waals surface area contributed by atoms with Gasteiger partial charge in [0, 0.05) is 11.3 Å². The number of aryl methyl sites for hydroxylation is 1. The van der Waals surface area contributed by atoms with E-state index in [0.717, 1.165) is 14.9 Å². The third-order valence-corrected chi connectivity index (χ3v) is 6.12. The van der Waals surface area contributed by atoms with Crippen LogP contribution in [0, 0.1) is 6.92 Å². The number of hydrogen-bond donors (Lipinski definition) is 0. The minimum Gasteiger partial charge on any atom is -0.137 e. The molecule has 0 fully saturated rings. The van der Waals surface area contributed by atoms with E-state index in [9.17, 15) is 0 Å². The molecule has 0 saturated carbocycles. The molecule has 2 nitrogen and oxygen atoms in total. The molecule has 2 rings (SSSR count). The van der Waals surface area contributed by atoms with Gasteiger partial charge in [-0.05, 0) is 24.1 Å². The van der Waals surface area contributed by atoms with Crippen LogP contribution in [0.1, 0.15) is 25.3 Å². The Morgan fingerprint density at radius 2 is 1.94 bits per heavy atom. The van der Waals surface area contributed by atoms with Crippen molar-refractivity contribution in [1.29, 1.82) is 0 Å². The molecule has 0 bridgehead atoms. The summed E-state index contributed by atoms with van der Waals surface area (Å²) in [4.78, 5) is 0. The van der Waals surface area contributed by atoms with Crippen LogP contribution in [0.4, 0.5) is 0 Å². The Labute approximate surface area is 120 Å². The van der Waals surface area contributed by atoms with Crippen LogP contribution >= 0.6 is 32.9 Å². The summed E-state index contributed by atoms with van der Waals surface area (Å²) >= 11 is 1.67. The summed E-state index contributed by atoms with van der Waals surface area (Å²) in [5.74, 6) is 1.18. The number of nitrogens with zero attached hydrogens (tertiary/aromatic N) is 2. The zero-order chi connectivity index (χ0) is 12.8. The van der Waals surface area contributed by atoms with Gasteiger partial charge in [-0.3, -0.25) is 0 Å². The quantitative estimate of drug-likeness (QED) is 0.550. The lowest BCUT2D eigenvalue weighted by Gasteiger charge is -1.95. The van der Waals surface area contributed by atoms with E-state index in [1.165, 1.54) is 24.2 Å². The lowest BCUT2D eigenvalue weighted by molar-refractivity contribution is 0.898. The summed E-state index contributed by atoms with van der Waals surface area (Å²) in [5.41, 5.74) is 2.43. The Morgan fingerprint density at radius 1 is 1.17 bits per heavy atom. The molecule has 0 unspecified atom stereocenters. The molecule has 0 atom stereocenters. The first-order valence-electron chi connectivity index (χ1n) is 5.99. The Bertz CT molecular complexity index is 479. The van der Waals surface area contributed by atoms with Crippen molar-refractivity contribution in [3.05, 3.63) is 29.8 Å². The lowest BCUT2D eigenvalue weighted by atomic mass is 10.2. The Kier molecular flexibility index (Phi) is 5.53. The van der Waals surface area contributed by atoms with E-state index in [0.29, 0.717) is 0 Å². The van der Waals surface area contributed by atoms with Crippen molar-refractivity contribution in [3.63, 3.8) is 0 Å². The van der Waals surface area contributed by atoms with Gasteiger partial charge in [0.2, 0.25) is 0 Å². The van der Waals surface area contributed by atoms with E-state index >= 15 is 0 Å². The van der Waals surface area contributed by atoms with Crippen molar-refractivity contribution in [2.75, 3.05) is 5.75 Å². The van der Waals surface area contributed by atoms with E-state index in [4.69, 9.17) is 0 Å². The third kappa shape index (κ3) is 4.00. The number of hydrogen-bond acceptors (Lipinski definition) is 5. The van der Waals surface area contributed by atoms with Gasteiger partial charge in [0.25, 0.3) is 0 Å². The smallest absolute Gasteiger partial charge is 0.137 e. The largest absolute Gasteiger partial charge is 0.185 e. The highest BCUT2D eigenvalue weighted by Gasteiger charge is 2.07. The molecule has 5 heteroatoms. The van der Waals surface area contributed by atoms with Gasteiger partial charge < -0.3 is 0 Å². The fourth-order valence-corrected chi connectivity index (χ4v) is 4.72. The van der Waals surface area contributed by atoms with Gasteiger partial charge in [0.15, 0.2) is 4.34 Å². The molecule has 0 amide bonds. The summed E-state index contributed by atoms with van der Waals surface area (Å²) in [5, 5.41) is 9.48. The van der Waals surface area contributed by atoms with E-state index in [1.54, 1.807) is 22.1 Å². The molecule has 1 aromatic heterocycles. The average Bonchev–Trinajstić information content (AvgIpc) is 2.84. The molecule has 1 aromatic carbocycles. The molecule has 0 aliphatic carbocycles. The van der Waals surface area contributed by atoms with Crippen molar-refractivity contribution in [2.45, 2.75) is 31.0 Å². The van der Waals surface area contributed by atoms with Gasteiger partial charge in [-0.2, -0.15) is 0 Å². The zero-order valence-electron chi connectivity index (χ0n) is 10.5. The van der Waals surface area contributed by atoms with Gasteiger partial charge in [-0.25, -0.2) is 0 Å². The second-order valence-electron chi connectivity index (χ2n) is 4.00. The Hall–Kier alpha value is -0.520. The monoisotopic (exact) mass is 296 g/mol. The van der Waals surface area contributed by atoms with Gasteiger partial charge >= 0.3 is 0 Å². The summed E-state index contributed by atoms with van der Waals surface area (Å²) < 4.78 is 1.05. The molecule has 18 heavy (non-hydrogen) atoms. The maximum absolute atomic E-state index is 4.25. The summed E-state index contributed by atoms with van der Waals surface area (Å²) in [7, 11) is 3.61. The van der Waals surface area contributed by atoms with Crippen LogP contribution in [0.2, 0.25) is 0 Å². The van der Waals surface area contributed by atoms with E-state index in [1.807, 2.05) is 10.8 Å². The molecule has 0 aliphatic heterocycles. The second-order valence-corrected chi connectivity index (χ2v) is 7.64. The highest BCUT2D eigenvalue weighted by Crippen LogP contribution is 2.36. The number of aromatic nitrogens is 2. The van der Waals surface area contributed by atoms with Crippen molar-refractivity contribution < 1.29 is 0 Å². The Balaban J connectivity index is 1.95. The second kappa shape index (κ2) is 7.16. The van der Waals surface area contributed by atoms with Crippen LogP contribution < -0.4 is 0 Å². The van der Waals surface area contributed by atoms with E-state index < -0.39 is 0 Å². The van der Waals surface area contributed by atoms with Crippen LogP contribution in [0.15, 0.2) is 28.6 Å². The SMILES string of the molecule is CCCCSSc1nnc(-c2ccc(C)cc2)s1. The van der Waals surface area contributed by atoms with Crippen molar-refractivity contribution in [3.8, 4) is 10.6 Å². The van der Waals surface area contributed by atoms with Crippen molar-refractivity contribution >= 4 is 32.9 Å². The summed E-state index contributed by atoms with van der Waals surface area (Å²) in [6.07, 6.45) is 2.51. The molecule has 0 aliphatic rings. The van der Waals surface area contributed by atoms with Gasteiger partial charge in [-0.1, -0.05) is 65.3 Å². The van der Waals surface area contributed by atoms with Crippen molar-refractivity contribution in [2.24, 2.45) is 0 Å². The molecule has 1 heterocycles. The van der Waals surface area contributed by atoms with E-state index in [-0.39, 0.29) is 0 Å². The topological polar surface area (TPSA) is 25.8 Å². The number of benzene rings is 1. The maximum atomic E-state index is 4.25. The lowest BCUT2D eigenvalue weighted by Crippen LogP contribution is -1.77. The van der Waals surface area contributed by atoms with Crippen molar-refractivity contribution in [1.82, 2.24) is 10.2 Å². The van der Waals surface area contributed by atoms with Gasteiger partial charge in [0.05, 0.1) is 0 Å².